The normalized spacial score (nSPS) is 10.8. The third-order valence-electron chi connectivity index (χ3n) is 4.51. The molecule has 3 aromatic carbocycles. The van der Waals surface area contributed by atoms with Crippen molar-refractivity contribution < 1.29 is 22.7 Å². The highest BCUT2D eigenvalue weighted by molar-refractivity contribution is 6.33. The summed E-state index contributed by atoms with van der Waals surface area (Å²) in [6, 6.07) is 20.3. The van der Waals surface area contributed by atoms with Gasteiger partial charge in [-0.05, 0) is 49.0 Å². The molecule has 0 spiro atoms. The first-order valence-corrected chi connectivity index (χ1v) is 10.6. The van der Waals surface area contributed by atoms with E-state index in [0.29, 0.717) is 28.6 Å². The first-order valence-electron chi connectivity index (χ1n) is 10.3. The van der Waals surface area contributed by atoms with Gasteiger partial charge in [-0.15, -0.1) is 18.3 Å². The van der Waals surface area contributed by atoms with Gasteiger partial charge in [-0.2, -0.15) is 0 Å². The number of alkyl halides is 3. The van der Waals surface area contributed by atoms with E-state index in [-0.39, 0.29) is 5.75 Å². The van der Waals surface area contributed by atoms with E-state index in [2.05, 4.69) is 25.5 Å². The summed E-state index contributed by atoms with van der Waals surface area (Å²) in [4.78, 5) is 14.2. The molecule has 4 rings (SSSR count). The van der Waals surface area contributed by atoms with E-state index in [0.717, 1.165) is 17.7 Å². The zero-order valence-electron chi connectivity index (χ0n) is 18.5. The molecule has 0 aliphatic heterocycles. The second-order valence-corrected chi connectivity index (χ2v) is 7.43. The molecular weight excluding hydrogens is 483 g/mol. The van der Waals surface area contributed by atoms with Gasteiger partial charge in [0.05, 0.1) is 16.4 Å². The Hall–Kier alpha value is -3.89. The van der Waals surface area contributed by atoms with Crippen molar-refractivity contribution in [1.29, 1.82) is 0 Å². The number of benzene rings is 3. The lowest BCUT2D eigenvalue weighted by Gasteiger charge is -2.09. The second kappa shape index (κ2) is 12.0. The Bertz CT molecular complexity index is 1230. The molecule has 0 unspecified atom stereocenters. The van der Waals surface area contributed by atoms with Crippen molar-refractivity contribution in [3.05, 3.63) is 89.7 Å². The van der Waals surface area contributed by atoms with Crippen molar-refractivity contribution in [3.8, 4) is 22.8 Å². The van der Waals surface area contributed by atoms with Gasteiger partial charge in [0.2, 0.25) is 6.41 Å². The fourth-order valence-electron chi connectivity index (χ4n) is 2.94. The summed E-state index contributed by atoms with van der Waals surface area (Å²) in [6.07, 6.45) is -2.60. The van der Waals surface area contributed by atoms with Gasteiger partial charge in [0.15, 0.2) is 5.82 Å². The summed E-state index contributed by atoms with van der Waals surface area (Å²) < 4.78 is 41.9. The molecule has 7 nitrogen and oxygen atoms in total. The van der Waals surface area contributed by atoms with Gasteiger partial charge in [0.1, 0.15) is 12.1 Å². The van der Waals surface area contributed by atoms with Crippen LogP contribution in [-0.4, -0.2) is 34.6 Å². The fourth-order valence-corrected chi connectivity index (χ4v) is 3.13. The van der Waals surface area contributed by atoms with Crippen LogP contribution >= 0.6 is 11.6 Å². The maximum atomic E-state index is 12.2. The number of hydrogen-bond acceptors (Lipinski definition) is 5. The lowest BCUT2D eigenvalue weighted by molar-refractivity contribution is -0.274. The molecule has 0 saturated carbocycles. The molecule has 0 aliphatic rings. The summed E-state index contributed by atoms with van der Waals surface area (Å²) >= 11 is 5.68. The molecule has 2 N–H and O–H groups in total. The molecule has 1 aromatic heterocycles. The van der Waals surface area contributed by atoms with Crippen molar-refractivity contribution >= 4 is 23.7 Å². The number of carbonyl (C=O) groups is 1. The van der Waals surface area contributed by atoms with E-state index >= 15 is 0 Å². The van der Waals surface area contributed by atoms with Gasteiger partial charge in [0, 0.05) is 12.1 Å². The SMILES string of the molecule is CNCc1ccc(-c2ncn(-c3ccc(OC(F)(F)F)cc3)n2)cc1.O=CNc1ccccc1Cl. The number of halogens is 4. The highest BCUT2D eigenvalue weighted by Crippen LogP contribution is 2.24. The molecule has 0 atom stereocenters. The summed E-state index contributed by atoms with van der Waals surface area (Å²) in [6.45, 7) is 0.772. The minimum atomic E-state index is -4.71. The number of nitrogens with zero attached hydrogens (tertiary/aromatic N) is 3. The molecule has 11 heteroatoms. The quantitative estimate of drug-likeness (QED) is 0.327. The maximum absolute atomic E-state index is 12.2. The largest absolute Gasteiger partial charge is 0.573 e. The van der Waals surface area contributed by atoms with E-state index in [1.54, 1.807) is 24.3 Å². The maximum Gasteiger partial charge on any atom is 0.573 e. The van der Waals surface area contributed by atoms with Crippen LogP contribution in [0.1, 0.15) is 5.56 Å². The monoisotopic (exact) mass is 503 g/mol. The van der Waals surface area contributed by atoms with Gasteiger partial charge in [-0.3, -0.25) is 4.79 Å². The highest BCUT2D eigenvalue weighted by Gasteiger charge is 2.31. The Morgan fingerprint density at radius 3 is 2.31 bits per heavy atom. The number of amides is 1. The minimum Gasteiger partial charge on any atom is -0.406 e. The second-order valence-electron chi connectivity index (χ2n) is 7.02. The topological polar surface area (TPSA) is 81.1 Å². The average Bonchev–Trinajstić information content (AvgIpc) is 3.32. The predicted molar refractivity (Wildman–Crippen MR) is 127 cm³/mol. The molecule has 0 fully saturated rings. The number of aromatic nitrogens is 3. The molecule has 0 saturated heterocycles. The van der Waals surface area contributed by atoms with Crippen LogP contribution in [0.5, 0.6) is 5.75 Å². The molecule has 0 radical (unpaired) electrons. The average molecular weight is 504 g/mol. The van der Waals surface area contributed by atoms with E-state index in [9.17, 15) is 18.0 Å². The summed E-state index contributed by atoms with van der Waals surface area (Å²) in [7, 11) is 1.88. The Kier molecular flexibility index (Phi) is 8.82. The van der Waals surface area contributed by atoms with Crippen molar-refractivity contribution in [2.45, 2.75) is 12.9 Å². The Balaban J connectivity index is 0.000000287. The van der Waals surface area contributed by atoms with Crippen LogP contribution in [0.4, 0.5) is 18.9 Å². The van der Waals surface area contributed by atoms with Crippen LogP contribution < -0.4 is 15.4 Å². The highest BCUT2D eigenvalue weighted by atomic mass is 35.5. The van der Waals surface area contributed by atoms with Gasteiger partial charge in [-0.25, -0.2) is 9.67 Å². The number of hydrogen-bond donors (Lipinski definition) is 2. The predicted octanol–water partition coefficient (Wildman–Crippen LogP) is 5.46. The van der Waals surface area contributed by atoms with Crippen LogP contribution in [0.3, 0.4) is 0 Å². The first kappa shape index (κ1) is 25.7. The van der Waals surface area contributed by atoms with Gasteiger partial charge >= 0.3 is 6.36 Å². The Labute approximate surface area is 204 Å². The van der Waals surface area contributed by atoms with E-state index in [1.807, 2.05) is 31.3 Å². The Morgan fingerprint density at radius 1 is 1.03 bits per heavy atom. The van der Waals surface area contributed by atoms with E-state index < -0.39 is 6.36 Å². The van der Waals surface area contributed by atoms with Crippen LogP contribution in [0.25, 0.3) is 17.1 Å². The third kappa shape index (κ3) is 7.83. The zero-order chi connectivity index (χ0) is 25.3. The molecule has 0 aliphatic carbocycles. The van der Waals surface area contributed by atoms with Crippen molar-refractivity contribution in [2.75, 3.05) is 12.4 Å². The van der Waals surface area contributed by atoms with Crippen LogP contribution in [0, 0.1) is 0 Å². The molecule has 1 amide bonds. The molecule has 182 valence electrons. The summed E-state index contributed by atoms with van der Waals surface area (Å²) in [5.41, 5.74) is 3.22. The summed E-state index contributed by atoms with van der Waals surface area (Å²) in [5, 5.41) is 10.4. The van der Waals surface area contributed by atoms with Crippen LogP contribution in [-0.2, 0) is 11.3 Å². The third-order valence-corrected chi connectivity index (χ3v) is 4.84. The van der Waals surface area contributed by atoms with Crippen LogP contribution in [0.2, 0.25) is 5.02 Å². The number of para-hydroxylation sites is 1. The van der Waals surface area contributed by atoms with Gasteiger partial charge in [-0.1, -0.05) is 48.0 Å². The molecular formula is C24H21ClF3N5O2. The van der Waals surface area contributed by atoms with Gasteiger partial charge in [0.25, 0.3) is 0 Å². The smallest absolute Gasteiger partial charge is 0.406 e. The number of nitrogens with one attached hydrogen (secondary N) is 2. The van der Waals surface area contributed by atoms with Crippen molar-refractivity contribution in [2.24, 2.45) is 0 Å². The number of anilines is 1. The van der Waals surface area contributed by atoms with Crippen molar-refractivity contribution in [1.82, 2.24) is 20.1 Å². The molecule has 0 bridgehead atoms. The van der Waals surface area contributed by atoms with Crippen molar-refractivity contribution in [3.63, 3.8) is 0 Å². The molecule has 1 heterocycles. The zero-order valence-corrected chi connectivity index (χ0v) is 19.2. The van der Waals surface area contributed by atoms with E-state index in [1.165, 1.54) is 35.3 Å². The number of carbonyl (C=O) groups excluding carboxylic acids is 1. The Morgan fingerprint density at radius 2 is 1.71 bits per heavy atom. The van der Waals surface area contributed by atoms with Gasteiger partial charge < -0.3 is 15.4 Å². The van der Waals surface area contributed by atoms with Crippen LogP contribution in [0.15, 0.2) is 79.1 Å². The first-order chi connectivity index (χ1) is 16.8. The molecule has 35 heavy (non-hydrogen) atoms. The minimum absolute atomic E-state index is 0.281. The molecule has 4 aromatic rings. The number of ether oxygens (including phenoxy) is 1. The lowest BCUT2D eigenvalue weighted by Crippen LogP contribution is -2.17. The number of rotatable bonds is 7. The lowest BCUT2D eigenvalue weighted by atomic mass is 10.1. The van der Waals surface area contributed by atoms with E-state index in [4.69, 9.17) is 11.6 Å². The fraction of sp³-hybridized carbons (Fsp3) is 0.125. The standard InChI is InChI=1S/C17H15F3N4O.C7H6ClNO/c1-21-10-12-2-4-13(5-3-12)16-22-11-24(23-16)14-6-8-15(9-7-14)25-17(18,19)20;8-6-3-1-2-4-7(6)9-5-10/h2-9,11,21H,10H2,1H3;1-5H,(H,9,10). The summed E-state index contributed by atoms with van der Waals surface area (Å²) in [5.74, 6) is 0.253.